The number of anilines is 1. The quantitative estimate of drug-likeness (QED) is 0.830. The summed E-state index contributed by atoms with van der Waals surface area (Å²) in [5.74, 6) is -0.522. The van der Waals surface area contributed by atoms with Gasteiger partial charge in [0.1, 0.15) is 5.82 Å². The van der Waals surface area contributed by atoms with Crippen molar-refractivity contribution in [2.75, 3.05) is 38.2 Å². The molecule has 0 aliphatic carbocycles. The maximum Gasteiger partial charge on any atom is 0.356 e. The molecule has 1 atom stereocenters. The summed E-state index contributed by atoms with van der Waals surface area (Å²) in [5.41, 5.74) is 2.30. The van der Waals surface area contributed by atoms with Crippen molar-refractivity contribution in [3.63, 3.8) is 0 Å². The summed E-state index contributed by atoms with van der Waals surface area (Å²) < 4.78 is 5.42. The van der Waals surface area contributed by atoms with Gasteiger partial charge in [0.2, 0.25) is 0 Å². The van der Waals surface area contributed by atoms with Crippen LogP contribution in [-0.4, -0.2) is 58.8 Å². The van der Waals surface area contributed by atoms with Gasteiger partial charge >= 0.3 is 5.97 Å². The largest absolute Gasteiger partial charge is 0.476 e. The second kappa shape index (κ2) is 8.04. The van der Waals surface area contributed by atoms with Crippen molar-refractivity contribution < 1.29 is 14.6 Å². The van der Waals surface area contributed by atoms with Crippen LogP contribution in [0, 0.1) is 6.92 Å². The second-order valence-corrected chi connectivity index (χ2v) is 6.11. The molecular weight excluding hydrogens is 320 g/mol. The number of aryl methyl sites for hydroxylation is 1. The Morgan fingerprint density at radius 3 is 2.56 bits per heavy atom. The normalized spacial score (nSPS) is 16.4. The Labute approximate surface area is 146 Å². The summed E-state index contributed by atoms with van der Waals surface area (Å²) in [7, 11) is 0. The fraction of sp³-hybridized carbons (Fsp3) is 0.389. The second-order valence-electron chi connectivity index (χ2n) is 6.11. The van der Waals surface area contributed by atoms with E-state index in [4.69, 9.17) is 9.84 Å². The number of carboxylic acids is 1. The number of aromatic carboxylic acids is 1. The summed E-state index contributed by atoms with van der Waals surface area (Å²) in [4.78, 5) is 21.4. The number of ether oxygens (including phenoxy) is 1. The number of carboxylic acid groups (broad SMARTS) is 1. The van der Waals surface area contributed by atoms with Crippen molar-refractivity contribution in [1.82, 2.24) is 14.9 Å². The Bertz CT molecular complexity index is 697. The lowest BCUT2D eigenvalue weighted by Crippen LogP contribution is -2.40. The average Bonchev–Trinajstić information content (AvgIpc) is 2.63. The van der Waals surface area contributed by atoms with Crippen LogP contribution in [0.4, 0.5) is 5.82 Å². The molecule has 0 bridgehead atoms. The lowest BCUT2D eigenvalue weighted by atomic mass is 10.0. The number of carbonyl (C=O) groups is 1. The Balaban J connectivity index is 1.77. The van der Waals surface area contributed by atoms with Gasteiger partial charge in [-0.3, -0.25) is 4.90 Å². The maximum atomic E-state index is 10.9. The van der Waals surface area contributed by atoms with Gasteiger partial charge < -0.3 is 15.2 Å². The van der Waals surface area contributed by atoms with Gasteiger partial charge in [0.25, 0.3) is 0 Å². The van der Waals surface area contributed by atoms with Gasteiger partial charge in [0.15, 0.2) is 5.69 Å². The minimum atomic E-state index is -1.08. The topological polar surface area (TPSA) is 87.6 Å². The molecule has 25 heavy (non-hydrogen) atoms. The number of nitrogens with one attached hydrogen (secondary N) is 1. The van der Waals surface area contributed by atoms with Gasteiger partial charge in [-0.05, 0) is 12.5 Å². The highest BCUT2D eigenvalue weighted by molar-refractivity contribution is 5.84. The van der Waals surface area contributed by atoms with Crippen molar-refractivity contribution in [2.24, 2.45) is 0 Å². The predicted octanol–water partition coefficient (Wildman–Crippen LogP) is 1.97. The van der Waals surface area contributed by atoms with Crippen LogP contribution in [0.1, 0.15) is 27.7 Å². The van der Waals surface area contributed by atoms with E-state index in [2.05, 4.69) is 51.4 Å². The average molecular weight is 342 g/mol. The molecule has 1 aromatic heterocycles. The third-order valence-electron chi connectivity index (χ3n) is 4.22. The Kier molecular flexibility index (Phi) is 5.57. The summed E-state index contributed by atoms with van der Waals surface area (Å²) in [6.07, 6.45) is 2.73. The number of hydrogen-bond donors (Lipinski definition) is 2. The molecule has 1 fully saturated rings. The summed E-state index contributed by atoms with van der Waals surface area (Å²) in [6.45, 7) is 6.15. The highest BCUT2D eigenvalue weighted by Gasteiger charge is 2.19. The summed E-state index contributed by atoms with van der Waals surface area (Å²) in [6, 6.07) is 8.41. The van der Waals surface area contributed by atoms with Crippen LogP contribution >= 0.6 is 0 Å². The van der Waals surface area contributed by atoms with Crippen LogP contribution in [0.25, 0.3) is 0 Å². The molecule has 132 valence electrons. The van der Waals surface area contributed by atoms with E-state index in [-0.39, 0.29) is 11.7 Å². The number of rotatable bonds is 6. The minimum absolute atomic E-state index is 0.0312. The molecule has 0 saturated carbocycles. The van der Waals surface area contributed by atoms with Crippen molar-refractivity contribution in [2.45, 2.75) is 13.0 Å². The first-order valence-corrected chi connectivity index (χ1v) is 8.30. The number of aromatic nitrogens is 2. The first-order valence-electron chi connectivity index (χ1n) is 8.30. The van der Waals surface area contributed by atoms with Gasteiger partial charge in [0.05, 0.1) is 31.6 Å². The molecule has 0 radical (unpaired) electrons. The molecular formula is C18H22N4O3. The standard InChI is InChI=1S/C18H22N4O3/c1-13-2-4-14(5-3-13)16(12-22-6-8-25-9-7-22)21-17-11-19-15(10-20-17)18(23)24/h2-5,10-11,16H,6-9,12H2,1H3,(H,20,21)(H,23,24). The van der Waals surface area contributed by atoms with E-state index in [1.807, 2.05) is 0 Å². The first-order chi connectivity index (χ1) is 12.1. The predicted molar refractivity (Wildman–Crippen MR) is 93.8 cm³/mol. The molecule has 0 spiro atoms. The van der Waals surface area contributed by atoms with Gasteiger partial charge in [-0.25, -0.2) is 14.8 Å². The summed E-state index contributed by atoms with van der Waals surface area (Å²) >= 11 is 0. The molecule has 2 N–H and O–H groups in total. The number of hydrogen-bond acceptors (Lipinski definition) is 6. The number of nitrogens with zero attached hydrogens (tertiary/aromatic N) is 3. The molecule has 1 aromatic carbocycles. The Morgan fingerprint density at radius 1 is 1.24 bits per heavy atom. The highest BCUT2D eigenvalue weighted by Crippen LogP contribution is 2.20. The van der Waals surface area contributed by atoms with Crippen LogP contribution in [0.15, 0.2) is 36.7 Å². The first kappa shape index (κ1) is 17.3. The van der Waals surface area contributed by atoms with Crippen LogP contribution in [0.5, 0.6) is 0 Å². The Hall–Kier alpha value is -2.51. The number of benzene rings is 1. The van der Waals surface area contributed by atoms with Crippen LogP contribution in [0.3, 0.4) is 0 Å². The van der Waals surface area contributed by atoms with Gasteiger partial charge in [-0.2, -0.15) is 0 Å². The van der Waals surface area contributed by atoms with E-state index >= 15 is 0 Å². The van der Waals surface area contributed by atoms with E-state index in [0.29, 0.717) is 5.82 Å². The molecule has 1 saturated heterocycles. The molecule has 2 aromatic rings. The molecule has 0 amide bonds. The van der Waals surface area contributed by atoms with Gasteiger partial charge in [-0.15, -0.1) is 0 Å². The SMILES string of the molecule is Cc1ccc(C(CN2CCOCC2)Nc2cnc(C(=O)O)cn2)cc1. The third-order valence-corrected chi connectivity index (χ3v) is 4.22. The zero-order valence-corrected chi connectivity index (χ0v) is 14.2. The van der Waals surface area contributed by atoms with Crippen LogP contribution < -0.4 is 5.32 Å². The lowest BCUT2D eigenvalue weighted by molar-refractivity contribution is 0.0360. The van der Waals surface area contributed by atoms with Crippen molar-refractivity contribution in [3.05, 3.63) is 53.5 Å². The third kappa shape index (κ3) is 4.74. The molecule has 7 nitrogen and oxygen atoms in total. The van der Waals surface area contributed by atoms with Crippen molar-refractivity contribution in [3.8, 4) is 0 Å². The van der Waals surface area contributed by atoms with E-state index in [0.717, 1.165) is 38.4 Å². The fourth-order valence-corrected chi connectivity index (χ4v) is 2.77. The smallest absolute Gasteiger partial charge is 0.356 e. The van der Waals surface area contributed by atoms with Crippen LogP contribution in [-0.2, 0) is 4.74 Å². The molecule has 3 rings (SSSR count). The Morgan fingerprint density at radius 2 is 1.96 bits per heavy atom. The zero-order chi connectivity index (χ0) is 17.6. The molecule has 1 aliphatic rings. The van der Waals surface area contributed by atoms with Gasteiger partial charge in [0, 0.05) is 19.6 Å². The van der Waals surface area contributed by atoms with Gasteiger partial charge in [-0.1, -0.05) is 29.8 Å². The summed E-state index contributed by atoms with van der Waals surface area (Å²) in [5, 5.41) is 12.3. The van der Waals surface area contributed by atoms with E-state index in [9.17, 15) is 4.79 Å². The molecule has 2 heterocycles. The van der Waals surface area contributed by atoms with E-state index < -0.39 is 5.97 Å². The molecule has 1 unspecified atom stereocenters. The van der Waals surface area contributed by atoms with E-state index in [1.54, 1.807) is 0 Å². The maximum absolute atomic E-state index is 10.9. The fourth-order valence-electron chi connectivity index (χ4n) is 2.77. The number of morpholine rings is 1. The van der Waals surface area contributed by atoms with Crippen LogP contribution in [0.2, 0.25) is 0 Å². The molecule has 1 aliphatic heterocycles. The minimum Gasteiger partial charge on any atom is -0.476 e. The lowest BCUT2D eigenvalue weighted by Gasteiger charge is -2.31. The zero-order valence-electron chi connectivity index (χ0n) is 14.2. The van der Waals surface area contributed by atoms with E-state index in [1.165, 1.54) is 18.0 Å². The molecule has 7 heteroatoms. The highest BCUT2D eigenvalue weighted by atomic mass is 16.5. The van der Waals surface area contributed by atoms with Crippen molar-refractivity contribution in [1.29, 1.82) is 0 Å². The van der Waals surface area contributed by atoms with Crippen molar-refractivity contribution >= 4 is 11.8 Å². The monoisotopic (exact) mass is 342 g/mol.